The summed E-state index contributed by atoms with van der Waals surface area (Å²) in [5.41, 5.74) is 29.4. The fraction of sp³-hybridized carbons (Fsp3) is 0.353. The van der Waals surface area contributed by atoms with Crippen molar-refractivity contribution in [2.45, 2.75) is 68.7 Å². The molecule has 284 valence electrons. The predicted molar refractivity (Wildman–Crippen MR) is 193 cm³/mol. The number of carbonyl (C=O) groups excluding carboxylic acids is 6. The van der Waals surface area contributed by atoms with Crippen molar-refractivity contribution < 1.29 is 38.7 Å². The van der Waals surface area contributed by atoms with Crippen molar-refractivity contribution >= 4 is 58.3 Å². The molecule has 0 aliphatic rings. The van der Waals surface area contributed by atoms with Crippen LogP contribution in [-0.4, -0.2) is 94.2 Å². The molecule has 6 amide bonds. The number of nitrogens with one attached hydrogen (secondary N) is 5. The van der Waals surface area contributed by atoms with Crippen molar-refractivity contribution in [2.24, 2.45) is 33.7 Å². The summed E-state index contributed by atoms with van der Waals surface area (Å²) in [5, 5.41) is 20.0. The zero-order chi connectivity index (χ0) is 39.1. The van der Waals surface area contributed by atoms with Gasteiger partial charge < -0.3 is 60.0 Å². The summed E-state index contributed by atoms with van der Waals surface area (Å²) >= 11 is 0. The first-order chi connectivity index (χ1) is 25.1. The molecule has 0 bridgehead atoms. The van der Waals surface area contributed by atoms with E-state index in [0.717, 1.165) is 10.9 Å². The van der Waals surface area contributed by atoms with Crippen LogP contribution in [0, 0.1) is 0 Å². The SMILES string of the molecule is NC(=O)C[C@H](NC(=O)[C@H](CC(N)=O)NC(=O)[C@H](Cc1c[nH]c2ccccc12)NC(=O)[C@@H](N)CCCN=C(N)N)C(=O)N[C@@H](Cc1ccccc1)C(=O)O. The molecule has 0 aliphatic heterocycles. The van der Waals surface area contributed by atoms with Gasteiger partial charge in [-0.05, 0) is 30.0 Å². The second-order valence-corrected chi connectivity index (χ2v) is 12.2. The Morgan fingerprint density at radius 1 is 0.679 bits per heavy atom. The van der Waals surface area contributed by atoms with Gasteiger partial charge in [0.05, 0.1) is 18.9 Å². The molecule has 1 heterocycles. The molecule has 0 fully saturated rings. The van der Waals surface area contributed by atoms with Gasteiger partial charge in [0.2, 0.25) is 35.4 Å². The van der Waals surface area contributed by atoms with Crippen LogP contribution in [0.25, 0.3) is 10.9 Å². The maximum atomic E-state index is 13.8. The minimum atomic E-state index is -1.71. The summed E-state index contributed by atoms with van der Waals surface area (Å²) in [6, 6.07) is 8.31. The third-order valence-electron chi connectivity index (χ3n) is 8.01. The second kappa shape index (κ2) is 19.8. The van der Waals surface area contributed by atoms with Gasteiger partial charge in [0.1, 0.15) is 24.2 Å². The Kier molecular flexibility index (Phi) is 15.3. The number of hydrogen-bond acceptors (Lipinski definition) is 9. The van der Waals surface area contributed by atoms with Crippen molar-refractivity contribution in [3.05, 3.63) is 71.9 Å². The van der Waals surface area contributed by atoms with Crippen molar-refractivity contribution in [1.82, 2.24) is 26.3 Å². The summed E-state index contributed by atoms with van der Waals surface area (Å²) in [5.74, 6) is -7.36. The van der Waals surface area contributed by atoms with Gasteiger partial charge in [0.25, 0.3) is 0 Å². The average molecular weight is 736 g/mol. The molecule has 0 saturated carbocycles. The van der Waals surface area contributed by atoms with E-state index < -0.39 is 84.5 Å². The van der Waals surface area contributed by atoms with Crippen LogP contribution in [0.4, 0.5) is 0 Å². The number of carboxylic acid groups (broad SMARTS) is 1. The molecule has 5 atom stereocenters. The van der Waals surface area contributed by atoms with Crippen molar-refractivity contribution in [2.75, 3.05) is 6.54 Å². The van der Waals surface area contributed by atoms with Crippen LogP contribution in [0.2, 0.25) is 0 Å². The Morgan fingerprint density at radius 2 is 1.21 bits per heavy atom. The smallest absolute Gasteiger partial charge is 0.326 e. The van der Waals surface area contributed by atoms with Gasteiger partial charge in [0.15, 0.2) is 5.96 Å². The number of aromatic nitrogens is 1. The van der Waals surface area contributed by atoms with E-state index in [-0.39, 0.29) is 31.8 Å². The summed E-state index contributed by atoms with van der Waals surface area (Å²) < 4.78 is 0. The number of primary amides is 2. The van der Waals surface area contributed by atoms with Crippen LogP contribution in [-0.2, 0) is 46.4 Å². The lowest BCUT2D eigenvalue weighted by Crippen LogP contribution is -2.59. The van der Waals surface area contributed by atoms with Gasteiger partial charge >= 0.3 is 5.97 Å². The van der Waals surface area contributed by atoms with Crippen LogP contribution < -0.4 is 49.9 Å². The number of H-pyrrole nitrogens is 1. The predicted octanol–water partition coefficient (Wildman–Crippen LogP) is -2.89. The topological polar surface area (TPSA) is 346 Å². The number of rotatable bonds is 21. The number of para-hydroxylation sites is 1. The number of carbonyl (C=O) groups is 7. The first-order valence-electron chi connectivity index (χ1n) is 16.5. The Balaban J connectivity index is 1.82. The molecule has 0 radical (unpaired) electrons. The second-order valence-electron chi connectivity index (χ2n) is 12.2. The molecular formula is C34H45N11O8. The van der Waals surface area contributed by atoms with Gasteiger partial charge in [-0.15, -0.1) is 0 Å². The molecule has 19 heteroatoms. The number of guanidine groups is 1. The Bertz CT molecular complexity index is 1810. The Morgan fingerprint density at radius 3 is 1.77 bits per heavy atom. The van der Waals surface area contributed by atoms with Gasteiger partial charge in [-0.1, -0.05) is 48.5 Å². The van der Waals surface area contributed by atoms with Crippen molar-refractivity contribution in [3.8, 4) is 0 Å². The maximum absolute atomic E-state index is 13.8. The fourth-order valence-corrected chi connectivity index (χ4v) is 5.35. The van der Waals surface area contributed by atoms with E-state index >= 15 is 0 Å². The average Bonchev–Trinajstić information content (AvgIpc) is 3.51. The molecule has 3 rings (SSSR count). The number of hydrogen-bond donors (Lipinski definition) is 11. The Labute approximate surface area is 303 Å². The number of carboxylic acids is 1. The lowest BCUT2D eigenvalue weighted by atomic mass is 10.0. The zero-order valence-corrected chi connectivity index (χ0v) is 28.7. The summed E-state index contributed by atoms with van der Waals surface area (Å²) in [4.78, 5) is 96.6. The number of nitrogens with two attached hydrogens (primary N) is 5. The highest BCUT2D eigenvalue weighted by atomic mass is 16.4. The van der Waals surface area contributed by atoms with Gasteiger partial charge in [-0.2, -0.15) is 0 Å². The summed E-state index contributed by atoms with van der Waals surface area (Å²) in [7, 11) is 0. The third-order valence-corrected chi connectivity index (χ3v) is 8.01. The highest BCUT2D eigenvalue weighted by molar-refractivity contribution is 5.98. The van der Waals surface area contributed by atoms with Crippen LogP contribution >= 0.6 is 0 Å². The molecule has 19 nitrogen and oxygen atoms in total. The number of benzene rings is 2. The number of fused-ring (bicyclic) bond motifs is 1. The number of amides is 6. The molecule has 1 aromatic heterocycles. The first-order valence-corrected chi connectivity index (χ1v) is 16.5. The van der Waals surface area contributed by atoms with E-state index in [1.165, 1.54) is 0 Å². The minimum absolute atomic E-state index is 0.0854. The Hall–Kier alpha value is -6.50. The highest BCUT2D eigenvalue weighted by Crippen LogP contribution is 2.19. The van der Waals surface area contributed by atoms with E-state index in [2.05, 4.69) is 31.2 Å². The largest absolute Gasteiger partial charge is 0.480 e. The fourth-order valence-electron chi connectivity index (χ4n) is 5.35. The van der Waals surface area contributed by atoms with Crippen LogP contribution in [0.1, 0.15) is 36.8 Å². The summed E-state index contributed by atoms with van der Waals surface area (Å²) in [6.45, 7) is 0.214. The van der Waals surface area contributed by atoms with Crippen molar-refractivity contribution in [3.63, 3.8) is 0 Å². The van der Waals surface area contributed by atoms with Crippen molar-refractivity contribution in [1.29, 1.82) is 0 Å². The molecule has 0 aliphatic carbocycles. The summed E-state index contributed by atoms with van der Waals surface area (Å²) in [6.07, 6.45) is 0.440. The lowest BCUT2D eigenvalue weighted by molar-refractivity contribution is -0.142. The molecule has 53 heavy (non-hydrogen) atoms. The molecular weight excluding hydrogens is 690 g/mol. The molecule has 2 aromatic carbocycles. The number of nitrogens with zero attached hydrogens (tertiary/aromatic N) is 1. The minimum Gasteiger partial charge on any atom is -0.480 e. The lowest BCUT2D eigenvalue weighted by Gasteiger charge is -2.26. The van der Waals surface area contributed by atoms with E-state index in [1.54, 1.807) is 54.7 Å². The van der Waals surface area contributed by atoms with E-state index in [9.17, 15) is 38.7 Å². The monoisotopic (exact) mass is 735 g/mol. The van der Waals surface area contributed by atoms with Crippen LogP contribution in [0.3, 0.4) is 0 Å². The number of aromatic amines is 1. The van der Waals surface area contributed by atoms with E-state index in [4.69, 9.17) is 28.7 Å². The molecule has 0 spiro atoms. The van der Waals surface area contributed by atoms with E-state index in [0.29, 0.717) is 17.5 Å². The third kappa shape index (κ3) is 13.3. The van der Waals surface area contributed by atoms with Gasteiger partial charge in [0, 0.05) is 36.5 Å². The molecule has 0 saturated heterocycles. The normalized spacial score (nSPS) is 13.7. The maximum Gasteiger partial charge on any atom is 0.326 e. The van der Waals surface area contributed by atoms with Crippen LogP contribution in [0.15, 0.2) is 65.8 Å². The standard InChI is InChI=1S/C34H45N11O8/c35-21(10-6-12-40-34(38)39)29(48)42-23(14-19-17-41-22-11-5-4-9-20(19)22)30(49)43-24(15-27(36)46)31(50)44-25(16-28(37)47)32(51)45-26(33(52)53)13-18-7-2-1-3-8-18/h1-5,7-9,11,17,21,23-26,41H,6,10,12-16,35H2,(H2,36,46)(H2,37,47)(H,42,48)(H,43,49)(H,44,50)(H,45,51)(H,52,53)(H4,38,39,40)/t21-,23-,24-,25-,26-/m0/s1. The molecule has 16 N–H and O–H groups in total. The number of aliphatic carboxylic acids is 1. The van der Waals surface area contributed by atoms with E-state index in [1.807, 2.05) is 6.07 Å². The molecule has 0 unspecified atom stereocenters. The quantitative estimate of drug-likeness (QED) is 0.0300. The van der Waals surface area contributed by atoms with Gasteiger partial charge in [-0.25, -0.2) is 4.79 Å². The van der Waals surface area contributed by atoms with Gasteiger partial charge in [-0.3, -0.25) is 33.8 Å². The molecule has 3 aromatic rings. The highest BCUT2D eigenvalue weighted by Gasteiger charge is 2.33. The zero-order valence-electron chi connectivity index (χ0n) is 28.7. The van der Waals surface area contributed by atoms with Crippen LogP contribution in [0.5, 0.6) is 0 Å². The first kappa shape index (κ1) is 40.9. The number of aliphatic imine (C=N–C) groups is 1.